The predicted octanol–water partition coefficient (Wildman–Crippen LogP) is 7.96. The van der Waals surface area contributed by atoms with Gasteiger partial charge in [0.2, 0.25) is 5.91 Å². The number of halogens is 1. The number of nitrogens with zero attached hydrogens (tertiary/aromatic N) is 3. The van der Waals surface area contributed by atoms with E-state index in [-0.39, 0.29) is 18.3 Å². The molecular weight excluding hydrogens is 551 g/mol. The van der Waals surface area contributed by atoms with Crippen LogP contribution in [-0.4, -0.2) is 33.1 Å². The minimum atomic E-state index is -0.283. The van der Waals surface area contributed by atoms with Gasteiger partial charge >= 0.3 is 0 Å². The Morgan fingerprint density at radius 2 is 1.88 bits per heavy atom. The van der Waals surface area contributed by atoms with E-state index in [1.54, 1.807) is 17.9 Å². The zero-order valence-electron chi connectivity index (χ0n) is 24.2. The summed E-state index contributed by atoms with van der Waals surface area (Å²) in [5, 5.41) is 4.23. The first kappa shape index (κ1) is 30.6. The third kappa shape index (κ3) is 7.67. The highest BCUT2D eigenvalue weighted by Gasteiger charge is 2.14. The molecule has 1 N–H and O–H groups in total. The topological polar surface area (TPSA) is 80.5 Å². The Morgan fingerprint density at radius 1 is 1.05 bits per heavy atom. The summed E-state index contributed by atoms with van der Waals surface area (Å²) >= 11 is 4.24. The summed E-state index contributed by atoms with van der Waals surface area (Å²) in [7, 11) is 0. The third-order valence-electron chi connectivity index (χ3n) is 6.46. The summed E-state index contributed by atoms with van der Waals surface area (Å²) in [6.07, 6.45) is 1.52. The molecule has 0 unspecified atom stereocenters. The van der Waals surface area contributed by atoms with Gasteiger partial charge in [-0.2, -0.15) is 12.6 Å². The van der Waals surface area contributed by atoms with Gasteiger partial charge < -0.3 is 19.4 Å². The van der Waals surface area contributed by atoms with Gasteiger partial charge in [-0.15, -0.1) is 0 Å². The number of benzene rings is 3. The number of aromatic nitrogens is 2. The minimum absolute atomic E-state index is 0.0213. The second kappa shape index (κ2) is 14.5. The van der Waals surface area contributed by atoms with Gasteiger partial charge in [0, 0.05) is 35.9 Å². The number of rotatable bonds is 10. The van der Waals surface area contributed by atoms with Crippen LogP contribution in [0.2, 0.25) is 0 Å². The van der Waals surface area contributed by atoms with Crippen LogP contribution in [0.25, 0.3) is 22.2 Å². The van der Waals surface area contributed by atoms with Gasteiger partial charge in [-0.25, -0.2) is 14.4 Å². The summed E-state index contributed by atoms with van der Waals surface area (Å²) in [6, 6.07) is 21.8. The van der Waals surface area contributed by atoms with Crippen molar-refractivity contribution < 1.29 is 18.3 Å². The largest absolute Gasteiger partial charge is 0.489 e. The fraction of sp³-hybridized carbons (Fsp3) is 0.242. The van der Waals surface area contributed by atoms with Crippen LogP contribution < -0.4 is 10.1 Å². The fourth-order valence-corrected chi connectivity index (χ4v) is 4.64. The number of hydrogen-bond acceptors (Lipinski definition) is 7. The van der Waals surface area contributed by atoms with Crippen molar-refractivity contribution in [1.29, 1.82) is 0 Å². The molecule has 2 heterocycles. The fourth-order valence-electron chi connectivity index (χ4n) is 4.40. The lowest BCUT2D eigenvalue weighted by molar-refractivity contribution is -0.129. The van der Waals surface area contributed by atoms with E-state index >= 15 is 0 Å². The first-order chi connectivity index (χ1) is 20.4. The van der Waals surface area contributed by atoms with E-state index in [2.05, 4.69) is 27.9 Å². The molecule has 0 aliphatic carbocycles. The second-order valence-corrected chi connectivity index (χ2v) is 9.86. The number of carbonyl (C=O) groups excluding carboxylic acids is 1. The van der Waals surface area contributed by atoms with Crippen molar-refractivity contribution in [3.05, 3.63) is 102 Å². The van der Waals surface area contributed by atoms with Crippen molar-refractivity contribution >= 4 is 40.9 Å². The molecule has 0 aliphatic heterocycles. The number of aryl methyl sites for hydroxylation is 1. The number of nitrogens with one attached hydrogen (secondary N) is 1. The van der Waals surface area contributed by atoms with E-state index < -0.39 is 0 Å². The van der Waals surface area contributed by atoms with Gasteiger partial charge in [0.15, 0.2) is 0 Å². The summed E-state index contributed by atoms with van der Waals surface area (Å²) in [5.74, 6) is 3.04. The first-order valence-corrected chi connectivity index (χ1v) is 14.5. The van der Waals surface area contributed by atoms with E-state index in [4.69, 9.17) is 9.15 Å². The molecule has 9 heteroatoms. The van der Waals surface area contributed by atoms with Crippen molar-refractivity contribution in [1.82, 2.24) is 14.9 Å². The normalized spacial score (nSPS) is 10.6. The average Bonchev–Trinajstić information content (AvgIpc) is 3.46. The van der Waals surface area contributed by atoms with Crippen LogP contribution in [0, 0.1) is 12.7 Å². The SMILES string of the molecule is CC.CC(=O)N(CCS)Cc1ccc(-c2ccc3ncnc(Nc4ccc(OCc5cccc(F)c5)c(C)c4)c3c2)o1. The van der Waals surface area contributed by atoms with E-state index in [1.807, 2.05) is 75.4 Å². The van der Waals surface area contributed by atoms with Gasteiger partial charge in [-0.05, 0) is 78.7 Å². The highest BCUT2D eigenvalue weighted by molar-refractivity contribution is 7.80. The summed E-state index contributed by atoms with van der Waals surface area (Å²) in [4.78, 5) is 22.5. The van der Waals surface area contributed by atoms with Crippen molar-refractivity contribution in [3.63, 3.8) is 0 Å². The van der Waals surface area contributed by atoms with Gasteiger partial charge in [0.05, 0.1) is 12.1 Å². The van der Waals surface area contributed by atoms with Crippen LogP contribution in [-0.2, 0) is 17.9 Å². The molecule has 3 aromatic carbocycles. The Kier molecular flexibility index (Phi) is 10.6. The van der Waals surface area contributed by atoms with E-state index in [0.717, 1.165) is 39.0 Å². The number of carbonyl (C=O) groups is 1. The molecule has 0 fully saturated rings. The monoisotopic (exact) mass is 586 g/mol. The third-order valence-corrected chi connectivity index (χ3v) is 6.66. The van der Waals surface area contributed by atoms with Crippen LogP contribution in [0.5, 0.6) is 5.75 Å². The highest BCUT2D eigenvalue weighted by Crippen LogP contribution is 2.31. The molecule has 2 aromatic heterocycles. The van der Waals surface area contributed by atoms with E-state index in [0.29, 0.717) is 36.2 Å². The Labute approximate surface area is 251 Å². The lowest BCUT2D eigenvalue weighted by atomic mass is 10.1. The molecule has 42 heavy (non-hydrogen) atoms. The molecule has 0 atom stereocenters. The van der Waals surface area contributed by atoms with Gasteiger partial charge in [0.25, 0.3) is 0 Å². The summed E-state index contributed by atoms with van der Waals surface area (Å²) < 4.78 is 25.5. The Morgan fingerprint density at radius 3 is 2.62 bits per heavy atom. The second-order valence-electron chi connectivity index (χ2n) is 9.41. The highest BCUT2D eigenvalue weighted by atomic mass is 32.1. The van der Waals surface area contributed by atoms with Crippen LogP contribution in [0.1, 0.15) is 37.7 Å². The van der Waals surface area contributed by atoms with Gasteiger partial charge in [-0.1, -0.05) is 26.0 Å². The quantitative estimate of drug-likeness (QED) is 0.162. The molecule has 1 amide bonds. The van der Waals surface area contributed by atoms with E-state index in [9.17, 15) is 9.18 Å². The molecule has 0 saturated heterocycles. The Hall–Kier alpha value is -4.37. The van der Waals surface area contributed by atoms with Crippen LogP contribution in [0.4, 0.5) is 15.9 Å². The molecule has 5 rings (SSSR count). The molecule has 5 aromatic rings. The maximum absolute atomic E-state index is 13.5. The zero-order chi connectivity index (χ0) is 30.1. The van der Waals surface area contributed by atoms with Crippen molar-refractivity contribution in [2.24, 2.45) is 0 Å². The standard InChI is InChI=1S/C31H29FN4O3S.C2H6/c1-20-14-25(7-10-29(20)38-18-22-4-3-5-24(32)15-22)35-31-27-16-23(6-9-28(27)33-19-34-31)30-11-8-26(39-30)17-36(12-13-40)21(2)37;1-2/h3-11,14-16,19,40H,12-13,17-18H2,1-2H3,(H,33,34,35);1-2H3. The van der Waals surface area contributed by atoms with Gasteiger partial charge in [0.1, 0.15) is 41.8 Å². The van der Waals surface area contributed by atoms with Crippen LogP contribution >= 0.6 is 12.6 Å². The summed E-state index contributed by atoms with van der Waals surface area (Å²) in [6.45, 7) is 8.72. The number of hydrogen-bond donors (Lipinski definition) is 2. The molecule has 218 valence electrons. The number of fused-ring (bicyclic) bond motifs is 1. The number of furan rings is 1. The molecular formula is C33H35FN4O3S. The van der Waals surface area contributed by atoms with E-state index in [1.165, 1.54) is 18.5 Å². The maximum Gasteiger partial charge on any atom is 0.219 e. The van der Waals surface area contributed by atoms with Crippen LogP contribution in [0.3, 0.4) is 0 Å². The summed E-state index contributed by atoms with van der Waals surface area (Å²) in [5.41, 5.74) is 4.20. The lowest BCUT2D eigenvalue weighted by Crippen LogP contribution is -2.29. The Balaban J connectivity index is 0.00000198. The van der Waals surface area contributed by atoms with Crippen molar-refractivity contribution in [3.8, 4) is 17.1 Å². The first-order valence-electron chi connectivity index (χ1n) is 13.8. The predicted molar refractivity (Wildman–Crippen MR) is 169 cm³/mol. The number of amides is 1. The lowest BCUT2D eigenvalue weighted by Gasteiger charge is -2.18. The average molecular weight is 587 g/mol. The number of ether oxygens (including phenoxy) is 1. The molecule has 0 spiro atoms. The zero-order valence-corrected chi connectivity index (χ0v) is 25.1. The molecule has 0 saturated carbocycles. The smallest absolute Gasteiger partial charge is 0.219 e. The molecule has 0 radical (unpaired) electrons. The molecule has 7 nitrogen and oxygen atoms in total. The van der Waals surface area contributed by atoms with Crippen molar-refractivity contribution in [2.75, 3.05) is 17.6 Å². The number of anilines is 2. The minimum Gasteiger partial charge on any atom is -0.489 e. The maximum atomic E-state index is 13.5. The number of thiol groups is 1. The molecule has 0 aliphatic rings. The molecule has 0 bridgehead atoms. The Bertz CT molecular complexity index is 1660. The van der Waals surface area contributed by atoms with Crippen molar-refractivity contribution in [2.45, 2.75) is 40.8 Å². The van der Waals surface area contributed by atoms with Crippen LogP contribution in [0.15, 0.2) is 83.5 Å². The van der Waals surface area contributed by atoms with Gasteiger partial charge in [-0.3, -0.25) is 4.79 Å².